The molecule has 9 nitrogen and oxygen atoms in total. The number of benzene rings is 1. The molecule has 174 valence electrons. The molecule has 0 aliphatic carbocycles. The molecule has 1 aromatic carbocycles. The third kappa shape index (κ3) is 4.50. The maximum absolute atomic E-state index is 11.8. The minimum absolute atomic E-state index is 0.143. The highest BCUT2D eigenvalue weighted by atomic mass is 16.5. The Kier molecular flexibility index (Phi) is 5.88. The van der Waals surface area contributed by atoms with Crippen molar-refractivity contribution < 1.29 is 9.53 Å². The van der Waals surface area contributed by atoms with E-state index in [-0.39, 0.29) is 5.91 Å². The quantitative estimate of drug-likeness (QED) is 0.641. The van der Waals surface area contributed by atoms with Gasteiger partial charge in [0.15, 0.2) is 5.65 Å². The number of anilines is 2. The van der Waals surface area contributed by atoms with E-state index in [9.17, 15) is 4.79 Å². The monoisotopic (exact) mass is 449 g/mol. The fraction of sp³-hybridized carbons (Fsp3) is 0.500. The molecule has 5 rings (SSSR count). The average molecular weight is 450 g/mol. The van der Waals surface area contributed by atoms with Gasteiger partial charge in [-0.1, -0.05) is 0 Å². The zero-order valence-electron chi connectivity index (χ0n) is 19.5. The number of hydrogen-bond donors (Lipinski definition) is 1. The van der Waals surface area contributed by atoms with Gasteiger partial charge < -0.3 is 19.9 Å². The molecule has 9 heteroatoms. The van der Waals surface area contributed by atoms with E-state index in [1.807, 2.05) is 9.58 Å². The summed E-state index contributed by atoms with van der Waals surface area (Å²) >= 11 is 0. The number of fused-ring (bicyclic) bond motifs is 2. The summed E-state index contributed by atoms with van der Waals surface area (Å²) < 4.78 is 7.60. The third-order valence-electron chi connectivity index (χ3n) is 6.74. The van der Waals surface area contributed by atoms with Crippen molar-refractivity contribution in [3.05, 3.63) is 35.7 Å². The second-order valence-electron chi connectivity index (χ2n) is 9.21. The van der Waals surface area contributed by atoms with Crippen LogP contribution in [0.15, 0.2) is 24.5 Å². The largest absolute Gasteiger partial charge is 0.495 e. The van der Waals surface area contributed by atoms with Crippen molar-refractivity contribution in [3.8, 4) is 5.75 Å². The summed E-state index contributed by atoms with van der Waals surface area (Å²) in [6, 6.07) is 4.27. The fourth-order valence-electron chi connectivity index (χ4n) is 4.92. The molecule has 0 bridgehead atoms. The number of likely N-dealkylation sites (N-methyl/N-ethyl adjacent to an activating group) is 1. The van der Waals surface area contributed by atoms with Crippen LogP contribution in [-0.4, -0.2) is 69.2 Å². The summed E-state index contributed by atoms with van der Waals surface area (Å²) in [7, 11) is 3.83. The number of amides is 1. The molecule has 0 unspecified atom stereocenters. The summed E-state index contributed by atoms with van der Waals surface area (Å²) in [5.74, 6) is 1.82. The zero-order chi connectivity index (χ0) is 22.9. The molecule has 1 fully saturated rings. The highest BCUT2D eigenvalue weighted by Gasteiger charge is 2.23. The van der Waals surface area contributed by atoms with E-state index in [1.165, 1.54) is 11.1 Å². The number of nitrogens with one attached hydrogen (secondary N) is 1. The van der Waals surface area contributed by atoms with Crippen molar-refractivity contribution in [3.63, 3.8) is 0 Å². The van der Waals surface area contributed by atoms with Crippen LogP contribution in [0.25, 0.3) is 11.0 Å². The molecular formula is C24H31N7O2. The number of rotatable bonds is 5. The van der Waals surface area contributed by atoms with Crippen molar-refractivity contribution in [1.82, 2.24) is 29.5 Å². The minimum Gasteiger partial charge on any atom is -0.495 e. The number of likely N-dealkylation sites (tertiary alicyclic amines) is 1. The van der Waals surface area contributed by atoms with Crippen LogP contribution in [0.3, 0.4) is 0 Å². The van der Waals surface area contributed by atoms with Crippen LogP contribution in [0.2, 0.25) is 0 Å². The summed E-state index contributed by atoms with van der Waals surface area (Å²) in [6.07, 6.45) is 6.74. The number of carbonyl (C=O) groups excluding carboxylic acids is 1. The molecule has 2 aliphatic rings. The molecular weight excluding hydrogens is 418 g/mol. The molecule has 1 amide bonds. The lowest BCUT2D eigenvalue weighted by atomic mass is 9.98. The van der Waals surface area contributed by atoms with E-state index < -0.39 is 0 Å². The van der Waals surface area contributed by atoms with Gasteiger partial charge in [0.1, 0.15) is 5.75 Å². The Morgan fingerprint density at radius 1 is 1.24 bits per heavy atom. The second kappa shape index (κ2) is 8.97. The van der Waals surface area contributed by atoms with Gasteiger partial charge in [-0.25, -0.2) is 9.67 Å². The zero-order valence-corrected chi connectivity index (χ0v) is 19.5. The smallest absolute Gasteiger partial charge is 0.229 e. The summed E-state index contributed by atoms with van der Waals surface area (Å²) in [5, 5.41) is 8.83. The Hall–Kier alpha value is -3.20. The van der Waals surface area contributed by atoms with Gasteiger partial charge in [0.05, 0.1) is 24.4 Å². The number of aromatic nitrogens is 4. The number of carbonyl (C=O) groups is 1. The van der Waals surface area contributed by atoms with Crippen LogP contribution >= 0.6 is 0 Å². The maximum atomic E-state index is 11.8. The van der Waals surface area contributed by atoms with E-state index in [0.717, 1.165) is 74.5 Å². The van der Waals surface area contributed by atoms with E-state index >= 15 is 0 Å². The predicted octanol–water partition coefficient (Wildman–Crippen LogP) is 2.82. The predicted molar refractivity (Wildman–Crippen MR) is 127 cm³/mol. The van der Waals surface area contributed by atoms with Gasteiger partial charge in [-0.2, -0.15) is 10.1 Å². The normalized spacial score (nSPS) is 18.9. The van der Waals surface area contributed by atoms with Crippen LogP contribution in [0.1, 0.15) is 30.9 Å². The summed E-state index contributed by atoms with van der Waals surface area (Å²) in [4.78, 5) is 25.3. The first-order valence-electron chi connectivity index (χ1n) is 11.6. The molecule has 4 heterocycles. The van der Waals surface area contributed by atoms with E-state index in [0.29, 0.717) is 11.9 Å². The van der Waals surface area contributed by atoms with Gasteiger partial charge in [0, 0.05) is 45.8 Å². The van der Waals surface area contributed by atoms with Crippen LogP contribution in [0.4, 0.5) is 11.6 Å². The van der Waals surface area contributed by atoms with Gasteiger partial charge >= 0.3 is 0 Å². The van der Waals surface area contributed by atoms with Crippen molar-refractivity contribution >= 4 is 28.6 Å². The van der Waals surface area contributed by atoms with Gasteiger partial charge in [-0.05, 0) is 55.5 Å². The molecule has 1 N–H and O–H groups in total. The van der Waals surface area contributed by atoms with Crippen molar-refractivity contribution in [1.29, 1.82) is 0 Å². The lowest BCUT2D eigenvalue weighted by molar-refractivity contribution is -0.130. The Bertz CT molecular complexity index is 1180. The third-order valence-corrected chi connectivity index (χ3v) is 6.74. The molecule has 0 spiro atoms. The van der Waals surface area contributed by atoms with Crippen molar-refractivity contribution in [2.45, 2.75) is 39.3 Å². The second-order valence-corrected chi connectivity index (χ2v) is 9.21. The first-order valence-corrected chi connectivity index (χ1v) is 11.6. The first kappa shape index (κ1) is 21.6. The molecule has 1 atom stereocenters. The Morgan fingerprint density at radius 3 is 2.94 bits per heavy atom. The molecule has 3 aromatic rings. The summed E-state index contributed by atoms with van der Waals surface area (Å²) in [6.45, 7) is 5.97. The fourth-order valence-corrected chi connectivity index (χ4v) is 4.92. The van der Waals surface area contributed by atoms with Gasteiger partial charge in [-0.3, -0.25) is 4.79 Å². The number of hydrogen-bond acceptors (Lipinski definition) is 7. The standard InChI is InChI=1S/C24H31N7O2/c1-16(32)30-7-4-5-17(13-30)14-31-23-20(12-26-31)11-25-24(28-23)27-21-9-19-15-29(2)8-6-18(19)10-22(21)33-3/h9-12,17H,4-8,13-15H2,1-3H3,(H,25,27,28)/t17-/m1/s1. The van der Waals surface area contributed by atoms with Crippen molar-refractivity contribution in [2.24, 2.45) is 5.92 Å². The van der Waals surface area contributed by atoms with Gasteiger partial charge in [0.25, 0.3) is 0 Å². The topological polar surface area (TPSA) is 88.4 Å². The van der Waals surface area contributed by atoms with Crippen LogP contribution in [0, 0.1) is 5.92 Å². The highest BCUT2D eigenvalue weighted by molar-refractivity contribution is 5.76. The summed E-state index contributed by atoms with van der Waals surface area (Å²) in [5.41, 5.74) is 4.29. The molecule has 33 heavy (non-hydrogen) atoms. The Morgan fingerprint density at radius 2 is 2.12 bits per heavy atom. The Labute approximate surface area is 193 Å². The van der Waals surface area contributed by atoms with Gasteiger partial charge in [0.2, 0.25) is 11.9 Å². The van der Waals surface area contributed by atoms with E-state index in [2.05, 4.69) is 39.5 Å². The lowest BCUT2D eigenvalue weighted by Gasteiger charge is -2.32. The van der Waals surface area contributed by atoms with Crippen molar-refractivity contribution in [2.75, 3.05) is 39.1 Å². The lowest BCUT2D eigenvalue weighted by Crippen LogP contribution is -2.39. The number of nitrogens with zero attached hydrogens (tertiary/aromatic N) is 6. The molecule has 1 saturated heterocycles. The minimum atomic E-state index is 0.143. The van der Waals surface area contributed by atoms with Crippen LogP contribution < -0.4 is 10.1 Å². The van der Waals surface area contributed by atoms with Crippen LogP contribution in [0.5, 0.6) is 5.75 Å². The van der Waals surface area contributed by atoms with Gasteiger partial charge in [-0.15, -0.1) is 0 Å². The number of ether oxygens (including phenoxy) is 1. The molecule has 0 saturated carbocycles. The van der Waals surface area contributed by atoms with E-state index in [4.69, 9.17) is 9.72 Å². The van der Waals surface area contributed by atoms with E-state index in [1.54, 1.807) is 26.4 Å². The number of piperidine rings is 1. The molecule has 0 radical (unpaired) electrons. The van der Waals surface area contributed by atoms with Crippen LogP contribution in [-0.2, 0) is 24.3 Å². The number of methoxy groups -OCH3 is 1. The molecule has 2 aromatic heterocycles. The first-order chi connectivity index (χ1) is 16.0. The maximum Gasteiger partial charge on any atom is 0.229 e. The highest BCUT2D eigenvalue weighted by Crippen LogP contribution is 2.33. The Balaban J connectivity index is 1.39. The molecule has 2 aliphatic heterocycles. The SMILES string of the molecule is COc1cc2c(cc1Nc1ncc3cnn(C[C@@H]4CCCN(C(C)=O)C4)c3n1)CN(C)CC2. The average Bonchev–Trinajstić information content (AvgIpc) is 3.20.